The van der Waals surface area contributed by atoms with Gasteiger partial charge in [-0.3, -0.25) is 34.3 Å². The number of imide groups is 1. The van der Waals surface area contributed by atoms with Gasteiger partial charge in [-0.15, -0.1) is 0 Å². The predicted octanol–water partition coefficient (Wildman–Crippen LogP) is 5.26. The van der Waals surface area contributed by atoms with E-state index in [-0.39, 0.29) is 47.4 Å². The van der Waals surface area contributed by atoms with Gasteiger partial charge in [0.05, 0.1) is 19.1 Å². The normalized spacial score (nSPS) is 24.5. The summed E-state index contributed by atoms with van der Waals surface area (Å²) in [6, 6.07) is 8.78. The molecule has 1 spiro atoms. The lowest BCUT2D eigenvalue weighted by molar-refractivity contribution is -0.137. The Morgan fingerprint density at radius 2 is 1.61 bits per heavy atom. The van der Waals surface area contributed by atoms with E-state index in [2.05, 4.69) is 10.2 Å². The summed E-state index contributed by atoms with van der Waals surface area (Å²) in [4.78, 5) is 60.0. The zero-order chi connectivity index (χ0) is 41.5. The van der Waals surface area contributed by atoms with Gasteiger partial charge in [0.25, 0.3) is 11.8 Å². The molecular formula is C44H48F4N6O5. The lowest BCUT2D eigenvalue weighted by atomic mass is 9.77. The molecule has 0 bridgehead atoms. The number of nitrogens with zero attached hydrogens (tertiary/aromatic N) is 5. The van der Waals surface area contributed by atoms with E-state index >= 15 is 8.78 Å². The summed E-state index contributed by atoms with van der Waals surface area (Å²) in [5, 5.41) is 12.5. The average molecular weight is 817 g/mol. The van der Waals surface area contributed by atoms with Crippen LogP contribution in [0.25, 0.3) is 0 Å². The van der Waals surface area contributed by atoms with Gasteiger partial charge < -0.3 is 19.8 Å². The number of benzene rings is 3. The lowest BCUT2D eigenvalue weighted by Crippen LogP contribution is -2.52. The van der Waals surface area contributed by atoms with E-state index in [1.807, 2.05) is 21.9 Å². The van der Waals surface area contributed by atoms with Crippen LogP contribution in [-0.4, -0.2) is 106 Å². The second-order valence-electron chi connectivity index (χ2n) is 17.8. The fourth-order valence-corrected chi connectivity index (χ4v) is 10.6. The molecule has 3 aromatic carbocycles. The number of phenols is 1. The highest BCUT2D eigenvalue weighted by atomic mass is 19.3. The van der Waals surface area contributed by atoms with E-state index in [9.17, 15) is 33.1 Å². The van der Waals surface area contributed by atoms with E-state index in [0.717, 1.165) is 42.9 Å². The van der Waals surface area contributed by atoms with Gasteiger partial charge in [-0.25, -0.2) is 17.6 Å². The monoisotopic (exact) mass is 816 g/mol. The summed E-state index contributed by atoms with van der Waals surface area (Å²) >= 11 is 0. The standard InChI is InChI=1S/C44H48F4N6O5/c1-25-13-26-15-31(55)3-4-32(26)40(54(25)23-43(2,47)48)39-34(45)17-30(18-35(39)46)51-10-7-44(8-11-51)9-12-52(24-44)38(57)22-50-19-27-14-29-21-53(36-5-6-37(56)49-41(36)58)42(59)33(29)16-28(27)20-50/h3-4,14-18,25,36,40,55H,5-13,19-24H2,1-2H3,(H,49,56,58)/t25-,36?,40+/m1/s1. The maximum Gasteiger partial charge on any atom is 0.257 e. The summed E-state index contributed by atoms with van der Waals surface area (Å²) in [6.45, 7) is 5.82. The van der Waals surface area contributed by atoms with Gasteiger partial charge in [-0.1, -0.05) is 12.1 Å². The molecule has 6 aliphatic heterocycles. The SMILES string of the molecule is C[C@@H]1Cc2cc(O)ccc2[C@@H](c2c(F)cc(N3CCC4(CCN(C(=O)CN5Cc6cc7c(cc6C5)C(=O)N(C5CCC(=O)NC5=O)C7)C4)CC3)cc2F)N1CC(C)(F)F. The van der Waals surface area contributed by atoms with E-state index in [0.29, 0.717) is 81.0 Å². The zero-order valence-electron chi connectivity index (χ0n) is 33.2. The number of fused-ring (bicyclic) bond motifs is 3. The first-order chi connectivity index (χ1) is 28.0. The third-order valence-electron chi connectivity index (χ3n) is 13.6. The van der Waals surface area contributed by atoms with Crippen LogP contribution in [0.2, 0.25) is 0 Å². The van der Waals surface area contributed by atoms with Crippen molar-refractivity contribution in [3.8, 4) is 5.75 Å². The fraction of sp³-hybridized carbons (Fsp3) is 0.500. The fourth-order valence-electron chi connectivity index (χ4n) is 10.6. The maximum atomic E-state index is 16.2. The summed E-state index contributed by atoms with van der Waals surface area (Å²) in [5.74, 6) is -5.67. The van der Waals surface area contributed by atoms with Crippen LogP contribution in [0.4, 0.5) is 23.2 Å². The molecule has 3 fully saturated rings. The third-order valence-corrected chi connectivity index (χ3v) is 13.6. The molecule has 2 N–H and O–H groups in total. The third kappa shape index (κ3) is 7.34. The van der Waals surface area contributed by atoms with E-state index in [1.54, 1.807) is 17.9 Å². The van der Waals surface area contributed by atoms with Crippen LogP contribution >= 0.6 is 0 Å². The van der Waals surface area contributed by atoms with Crippen molar-refractivity contribution in [3.05, 3.63) is 93.0 Å². The molecule has 3 atom stereocenters. The molecule has 0 aliphatic carbocycles. The highest BCUT2D eigenvalue weighted by Gasteiger charge is 2.45. The first-order valence-corrected chi connectivity index (χ1v) is 20.5. The minimum absolute atomic E-state index is 0.00163. The molecule has 9 rings (SSSR count). The summed E-state index contributed by atoms with van der Waals surface area (Å²) in [5.41, 5.74) is 4.60. The number of rotatable bonds is 7. The van der Waals surface area contributed by atoms with Crippen molar-refractivity contribution in [2.24, 2.45) is 5.41 Å². The number of phenolic OH excluding ortho intramolecular Hbond substituents is 1. The topological polar surface area (TPSA) is 117 Å². The van der Waals surface area contributed by atoms with Crippen LogP contribution in [0.1, 0.15) is 95.7 Å². The van der Waals surface area contributed by atoms with Crippen LogP contribution in [0, 0.1) is 17.0 Å². The summed E-state index contributed by atoms with van der Waals surface area (Å²) in [7, 11) is 0. The minimum Gasteiger partial charge on any atom is -0.508 e. The van der Waals surface area contributed by atoms with Crippen molar-refractivity contribution < 1.29 is 41.8 Å². The number of likely N-dealkylation sites (tertiary alicyclic amines) is 1. The Morgan fingerprint density at radius 1 is 0.915 bits per heavy atom. The molecule has 6 heterocycles. The zero-order valence-corrected chi connectivity index (χ0v) is 33.2. The van der Waals surface area contributed by atoms with Crippen LogP contribution < -0.4 is 10.2 Å². The van der Waals surface area contributed by atoms with Gasteiger partial charge in [0.2, 0.25) is 17.7 Å². The Bertz CT molecular complexity index is 2230. The van der Waals surface area contributed by atoms with Crippen LogP contribution in [0.3, 0.4) is 0 Å². The van der Waals surface area contributed by atoms with E-state index in [1.165, 1.54) is 29.2 Å². The molecule has 15 heteroatoms. The van der Waals surface area contributed by atoms with E-state index in [4.69, 9.17) is 0 Å². The number of alkyl halides is 2. The largest absolute Gasteiger partial charge is 0.508 e. The molecule has 59 heavy (non-hydrogen) atoms. The summed E-state index contributed by atoms with van der Waals surface area (Å²) < 4.78 is 61.3. The number of nitrogens with one attached hydrogen (secondary N) is 1. The Hall–Kier alpha value is -5.02. The number of carbonyl (C=O) groups excluding carboxylic acids is 4. The first-order valence-electron chi connectivity index (χ1n) is 20.5. The number of carbonyl (C=O) groups is 4. The van der Waals surface area contributed by atoms with Gasteiger partial charge in [0.15, 0.2) is 0 Å². The van der Waals surface area contributed by atoms with Crippen molar-refractivity contribution in [3.63, 3.8) is 0 Å². The van der Waals surface area contributed by atoms with Gasteiger partial charge in [0, 0.05) is 82.0 Å². The van der Waals surface area contributed by atoms with Gasteiger partial charge >= 0.3 is 0 Å². The number of hydrogen-bond donors (Lipinski definition) is 2. The Balaban J connectivity index is 0.820. The average Bonchev–Trinajstić information content (AvgIpc) is 3.86. The van der Waals surface area contributed by atoms with Gasteiger partial charge in [0.1, 0.15) is 23.4 Å². The second kappa shape index (κ2) is 14.6. The van der Waals surface area contributed by atoms with Crippen LogP contribution in [-0.2, 0) is 40.4 Å². The Morgan fingerprint density at radius 3 is 2.31 bits per heavy atom. The van der Waals surface area contributed by atoms with Crippen molar-refractivity contribution in [2.45, 2.75) is 96.1 Å². The van der Waals surface area contributed by atoms with Crippen molar-refractivity contribution in [1.29, 1.82) is 0 Å². The molecule has 11 nitrogen and oxygen atoms in total. The van der Waals surface area contributed by atoms with Crippen molar-refractivity contribution in [2.75, 3.05) is 44.2 Å². The molecule has 1 unspecified atom stereocenters. The predicted molar refractivity (Wildman–Crippen MR) is 208 cm³/mol. The highest BCUT2D eigenvalue weighted by molar-refractivity contribution is 6.05. The molecule has 3 saturated heterocycles. The quantitative estimate of drug-likeness (QED) is 0.246. The number of halogens is 4. The number of piperidine rings is 2. The van der Waals surface area contributed by atoms with Crippen LogP contribution in [0.5, 0.6) is 5.75 Å². The van der Waals surface area contributed by atoms with Crippen molar-refractivity contribution in [1.82, 2.24) is 24.9 Å². The molecule has 0 saturated carbocycles. The number of amides is 4. The van der Waals surface area contributed by atoms with Gasteiger partial charge in [-0.2, -0.15) is 0 Å². The minimum atomic E-state index is -3.10. The number of aromatic hydroxyl groups is 1. The lowest BCUT2D eigenvalue weighted by Gasteiger charge is -2.43. The molecule has 312 valence electrons. The molecule has 3 aromatic rings. The number of anilines is 1. The maximum absolute atomic E-state index is 16.2. The molecule has 6 aliphatic rings. The highest BCUT2D eigenvalue weighted by Crippen LogP contribution is 2.45. The number of hydrogen-bond acceptors (Lipinski definition) is 8. The second-order valence-corrected chi connectivity index (χ2v) is 17.8. The molecule has 4 amide bonds. The van der Waals surface area contributed by atoms with E-state index < -0.39 is 48.1 Å². The smallest absolute Gasteiger partial charge is 0.257 e. The summed E-state index contributed by atoms with van der Waals surface area (Å²) in [6.07, 6.45) is 3.17. The molecule has 0 aromatic heterocycles. The molecule has 0 radical (unpaired) electrons. The van der Waals surface area contributed by atoms with Gasteiger partial charge in [-0.05, 0) is 103 Å². The Labute approximate surface area is 339 Å². The van der Waals surface area contributed by atoms with Crippen molar-refractivity contribution >= 4 is 29.3 Å². The first kappa shape index (κ1) is 39.4. The van der Waals surface area contributed by atoms with Crippen LogP contribution in [0.15, 0.2) is 42.5 Å². The molecular weight excluding hydrogens is 769 g/mol. The Kier molecular flexibility index (Phi) is 9.77.